The molecule has 0 spiro atoms. The predicted molar refractivity (Wildman–Crippen MR) is 46.6 cm³/mol. The summed E-state index contributed by atoms with van der Waals surface area (Å²) in [5.74, 6) is 0.471. The normalized spacial score (nSPS) is 46.5. The summed E-state index contributed by atoms with van der Waals surface area (Å²) in [6.07, 6.45) is 7.54. The third-order valence-electron chi connectivity index (χ3n) is 3.20. The molecule has 12 heavy (non-hydrogen) atoms. The first kappa shape index (κ1) is 8.11. The largest absolute Gasteiger partial charge is 0.495 e. The molecule has 3 aliphatic rings. The van der Waals surface area contributed by atoms with Crippen LogP contribution in [0.15, 0.2) is 12.3 Å². The van der Waals surface area contributed by atoms with Gasteiger partial charge in [-0.15, -0.1) is 0 Å². The fourth-order valence-electron chi connectivity index (χ4n) is 2.15. The topological polar surface area (TPSA) is 29.5 Å². The first-order valence-corrected chi connectivity index (χ1v) is 4.72. The summed E-state index contributed by atoms with van der Waals surface area (Å²) in [4.78, 5) is 0. The molecule has 68 valence electrons. The van der Waals surface area contributed by atoms with Gasteiger partial charge >= 0.3 is 0 Å². The lowest BCUT2D eigenvalue weighted by Gasteiger charge is -2.39. The van der Waals surface area contributed by atoms with Gasteiger partial charge in [0.1, 0.15) is 5.60 Å². The van der Waals surface area contributed by atoms with E-state index in [0.717, 1.165) is 25.7 Å². The van der Waals surface area contributed by atoms with E-state index in [1.807, 2.05) is 0 Å². The molecule has 1 atom stereocenters. The molecule has 0 aromatic heterocycles. The van der Waals surface area contributed by atoms with Crippen LogP contribution < -0.4 is 0 Å². The third-order valence-corrected chi connectivity index (χ3v) is 3.20. The van der Waals surface area contributed by atoms with Crippen molar-refractivity contribution < 1.29 is 9.84 Å². The van der Waals surface area contributed by atoms with Gasteiger partial charge in [-0.3, -0.25) is 0 Å². The third kappa shape index (κ3) is 1.36. The average molecular weight is 168 g/mol. The van der Waals surface area contributed by atoms with Gasteiger partial charge in [-0.05, 0) is 44.6 Å². The van der Waals surface area contributed by atoms with E-state index in [2.05, 4.69) is 6.92 Å². The minimum absolute atomic E-state index is 0.0488. The van der Waals surface area contributed by atoms with Crippen LogP contribution in [-0.2, 0) is 4.74 Å². The highest BCUT2D eigenvalue weighted by atomic mass is 16.5. The fourth-order valence-corrected chi connectivity index (χ4v) is 2.15. The second kappa shape index (κ2) is 2.77. The number of hydrogen-bond acceptors (Lipinski definition) is 2. The van der Waals surface area contributed by atoms with E-state index in [9.17, 15) is 5.11 Å². The van der Waals surface area contributed by atoms with Crippen LogP contribution in [0.25, 0.3) is 0 Å². The molecule has 2 aliphatic heterocycles. The van der Waals surface area contributed by atoms with E-state index in [1.54, 1.807) is 12.3 Å². The van der Waals surface area contributed by atoms with Crippen molar-refractivity contribution in [2.24, 2.45) is 5.92 Å². The summed E-state index contributed by atoms with van der Waals surface area (Å²) in [5, 5.41) is 9.62. The first-order chi connectivity index (χ1) is 5.70. The van der Waals surface area contributed by atoms with Crippen LogP contribution in [0.1, 0.15) is 32.6 Å². The summed E-state index contributed by atoms with van der Waals surface area (Å²) in [5.41, 5.74) is 0.0488. The Morgan fingerprint density at radius 3 is 2.75 bits per heavy atom. The maximum Gasteiger partial charge on any atom is 0.105 e. The van der Waals surface area contributed by atoms with Crippen molar-refractivity contribution in [2.45, 2.75) is 44.3 Å². The smallest absolute Gasteiger partial charge is 0.105 e. The predicted octanol–water partition coefficient (Wildman–Crippen LogP) is 1.84. The Kier molecular flexibility index (Phi) is 1.87. The highest BCUT2D eigenvalue weighted by Gasteiger charge is 2.35. The molecule has 1 N–H and O–H groups in total. The number of aliphatic hydroxyl groups excluding tert-OH is 1. The summed E-state index contributed by atoms with van der Waals surface area (Å²) >= 11 is 0. The van der Waals surface area contributed by atoms with Gasteiger partial charge < -0.3 is 9.84 Å². The molecule has 2 nitrogen and oxygen atoms in total. The number of hydrogen-bond donors (Lipinski definition) is 1. The lowest BCUT2D eigenvalue weighted by molar-refractivity contribution is -0.0349. The van der Waals surface area contributed by atoms with Crippen molar-refractivity contribution in [3.05, 3.63) is 12.3 Å². The minimum Gasteiger partial charge on any atom is -0.495 e. The monoisotopic (exact) mass is 168 g/mol. The second-order valence-corrected chi connectivity index (χ2v) is 4.22. The van der Waals surface area contributed by atoms with Crippen molar-refractivity contribution >= 4 is 0 Å². The molecule has 2 heteroatoms. The Bertz CT molecular complexity index is 190. The zero-order chi connectivity index (χ0) is 8.60. The summed E-state index contributed by atoms with van der Waals surface area (Å²) in [7, 11) is 0. The average Bonchev–Trinajstić information content (AvgIpc) is 2.02. The van der Waals surface area contributed by atoms with Crippen LogP contribution in [0.4, 0.5) is 0 Å². The quantitative estimate of drug-likeness (QED) is 0.598. The van der Waals surface area contributed by atoms with Gasteiger partial charge in [0.15, 0.2) is 0 Å². The van der Waals surface area contributed by atoms with Gasteiger partial charge in [-0.25, -0.2) is 0 Å². The second-order valence-electron chi connectivity index (χ2n) is 4.22. The van der Waals surface area contributed by atoms with Crippen LogP contribution in [0, 0.1) is 5.92 Å². The number of aliphatic hydroxyl groups is 1. The van der Waals surface area contributed by atoms with Gasteiger partial charge in [0.25, 0.3) is 0 Å². The van der Waals surface area contributed by atoms with Gasteiger partial charge in [-0.1, -0.05) is 0 Å². The van der Waals surface area contributed by atoms with Gasteiger partial charge in [-0.2, -0.15) is 0 Å². The van der Waals surface area contributed by atoms with Crippen molar-refractivity contribution in [3.8, 4) is 0 Å². The summed E-state index contributed by atoms with van der Waals surface area (Å²) < 4.78 is 5.59. The Labute approximate surface area is 73.2 Å². The van der Waals surface area contributed by atoms with Crippen LogP contribution >= 0.6 is 0 Å². The van der Waals surface area contributed by atoms with E-state index in [-0.39, 0.29) is 11.7 Å². The van der Waals surface area contributed by atoms with E-state index in [0.29, 0.717) is 5.92 Å². The Balaban J connectivity index is 2.18. The Morgan fingerprint density at radius 2 is 2.08 bits per heavy atom. The molecule has 0 aromatic rings. The number of ether oxygens (including phenoxy) is 1. The van der Waals surface area contributed by atoms with Crippen molar-refractivity contribution in [1.82, 2.24) is 0 Å². The van der Waals surface area contributed by atoms with E-state index in [1.165, 1.54) is 0 Å². The van der Waals surface area contributed by atoms with Gasteiger partial charge in [0, 0.05) is 0 Å². The SMILES string of the molecule is CC12CCC(CC1)C(O)C=CO2. The molecule has 2 bridgehead atoms. The zero-order valence-electron chi connectivity index (χ0n) is 7.49. The molecular weight excluding hydrogens is 152 g/mol. The lowest BCUT2D eigenvalue weighted by atomic mass is 9.77. The molecular formula is C10H16O2. The van der Waals surface area contributed by atoms with Crippen molar-refractivity contribution in [1.29, 1.82) is 0 Å². The minimum atomic E-state index is -0.283. The Morgan fingerprint density at radius 1 is 1.42 bits per heavy atom. The Hall–Kier alpha value is -0.500. The molecule has 0 saturated heterocycles. The highest BCUT2D eigenvalue weighted by Crippen LogP contribution is 2.38. The lowest BCUT2D eigenvalue weighted by Crippen LogP contribution is -2.37. The van der Waals surface area contributed by atoms with Crippen LogP contribution in [0.5, 0.6) is 0 Å². The number of rotatable bonds is 0. The fraction of sp³-hybridized carbons (Fsp3) is 0.800. The van der Waals surface area contributed by atoms with E-state index < -0.39 is 0 Å². The van der Waals surface area contributed by atoms with Gasteiger partial charge in [0.2, 0.25) is 0 Å². The molecule has 3 rings (SSSR count). The molecule has 1 unspecified atom stereocenters. The molecule has 0 radical (unpaired) electrons. The maximum absolute atomic E-state index is 9.62. The summed E-state index contributed by atoms with van der Waals surface area (Å²) in [6.45, 7) is 2.16. The van der Waals surface area contributed by atoms with Gasteiger partial charge in [0.05, 0.1) is 12.4 Å². The van der Waals surface area contributed by atoms with Crippen LogP contribution in [0.3, 0.4) is 0 Å². The van der Waals surface area contributed by atoms with Crippen LogP contribution in [-0.4, -0.2) is 16.8 Å². The molecule has 1 aliphatic carbocycles. The molecule has 1 saturated carbocycles. The molecule has 0 aromatic carbocycles. The van der Waals surface area contributed by atoms with Crippen molar-refractivity contribution in [2.75, 3.05) is 0 Å². The van der Waals surface area contributed by atoms with Crippen molar-refractivity contribution in [3.63, 3.8) is 0 Å². The molecule has 0 amide bonds. The molecule has 2 heterocycles. The zero-order valence-corrected chi connectivity index (χ0v) is 7.49. The number of fused-ring (bicyclic) bond motifs is 4. The standard InChI is InChI=1S/C10H16O2/c1-10-5-2-8(3-6-10)9(11)4-7-12-10/h4,7-9,11H,2-3,5-6H2,1H3. The van der Waals surface area contributed by atoms with E-state index >= 15 is 0 Å². The van der Waals surface area contributed by atoms with E-state index in [4.69, 9.17) is 4.74 Å². The summed E-state index contributed by atoms with van der Waals surface area (Å²) in [6, 6.07) is 0. The molecule has 1 fully saturated rings. The maximum atomic E-state index is 9.62. The highest BCUT2D eigenvalue weighted by molar-refractivity contribution is 4.97. The van der Waals surface area contributed by atoms with Crippen LogP contribution in [0.2, 0.25) is 0 Å². The first-order valence-electron chi connectivity index (χ1n) is 4.72.